The first-order chi connectivity index (χ1) is 14.8. The molecule has 0 bridgehead atoms. The summed E-state index contributed by atoms with van der Waals surface area (Å²) < 4.78 is 26.9. The number of carbonyl (C=O) groups is 2. The number of fused-ring (bicyclic) bond motifs is 1. The second-order valence-corrected chi connectivity index (χ2v) is 9.45. The molecule has 1 unspecified atom stereocenters. The molecule has 1 N–H and O–H groups in total. The van der Waals surface area contributed by atoms with Gasteiger partial charge in [-0.05, 0) is 31.4 Å². The number of amides is 2. The maximum Gasteiger partial charge on any atom is 0.227 e. The van der Waals surface area contributed by atoms with Gasteiger partial charge in [0, 0.05) is 49.0 Å². The van der Waals surface area contributed by atoms with E-state index >= 15 is 0 Å². The molecule has 1 aromatic heterocycles. The van der Waals surface area contributed by atoms with E-state index in [4.69, 9.17) is 4.98 Å². The SMILES string of the molecule is CC(C)C(=O)N1CCN(c2nc3c(s2)CC(C(=O)Nc2ccc(F)cc2F)CC3)CC1. The summed E-state index contributed by atoms with van der Waals surface area (Å²) in [4.78, 5) is 34.8. The molecule has 1 atom stereocenters. The van der Waals surface area contributed by atoms with Crippen molar-refractivity contribution in [1.29, 1.82) is 0 Å². The highest BCUT2D eigenvalue weighted by molar-refractivity contribution is 7.15. The molecule has 0 saturated carbocycles. The zero-order valence-corrected chi connectivity index (χ0v) is 18.5. The number of hydrogen-bond donors (Lipinski definition) is 1. The van der Waals surface area contributed by atoms with Gasteiger partial charge in [0.05, 0.1) is 11.4 Å². The molecule has 1 aromatic carbocycles. The summed E-state index contributed by atoms with van der Waals surface area (Å²) in [6, 6.07) is 3.13. The van der Waals surface area contributed by atoms with Crippen LogP contribution in [0.4, 0.5) is 19.6 Å². The van der Waals surface area contributed by atoms with Gasteiger partial charge in [-0.2, -0.15) is 0 Å². The van der Waals surface area contributed by atoms with Gasteiger partial charge in [0.2, 0.25) is 11.8 Å². The number of halogens is 2. The molecular weight excluding hydrogens is 422 g/mol. The molecule has 2 aliphatic rings. The van der Waals surface area contributed by atoms with Gasteiger partial charge < -0.3 is 15.1 Å². The number of aromatic nitrogens is 1. The number of nitrogens with one attached hydrogen (secondary N) is 1. The van der Waals surface area contributed by atoms with Gasteiger partial charge in [0.1, 0.15) is 11.6 Å². The Morgan fingerprint density at radius 2 is 1.94 bits per heavy atom. The van der Waals surface area contributed by atoms with Crippen molar-refractivity contribution in [2.75, 3.05) is 36.4 Å². The van der Waals surface area contributed by atoms with E-state index in [-0.39, 0.29) is 29.3 Å². The van der Waals surface area contributed by atoms with Crippen LogP contribution in [-0.2, 0) is 22.4 Å². The van der Waals surface area contributed by atoms with Gasteiger partial charge in [0.15, 0.2) is 5.13 Å². The van der Waals surface area contributed by atoms with Crippen LogP contribution < -0.4 is 10.2 Å². The van der Waals surface area contributed by atoms with E-state index in [0.717, 1.165) is 40.9 Å². The van der Waals surface area contributed by atoms with Crippen LogP contribution in [0.25, 0.3) is 0 Å². The third-order valence-electron chi connectivity index (χ3n) is 5.84. The molecule has 2 aromatic rings. The van der Waals surface area contributed by atoms with Crippen LogP contribution in [0.3, 0.4) is 0 Å². The fourth-order valence-electron chi connectivity index (χ4n) is 4.03. The summed E-state index contributed by atoms with van der Waals surface area (Å²) in [5, 5.41) is 3.53. The van der Waals surface area contributed by atoms with E-state index in [2.05, 4.69) is 10.2 Å². The summed E-state index contributed by atoms with van der Waals surface area (Å²) in [6.45, 7) is 6.71. The zero-order chi connectivity index (χ0) is 22.1. The second kappa shape index (κ2) is 8.90. The van der Waals surface area contributed by atoms with Crippen LogP contribution in [0.1, 0.15) is 30.8 Å². The second-order valence-electron chi connectivity index (χ2n) is 8.39. The predicted octanol–water partition coefficient (Wildman–Crippen LogP) is 3.47. The van der Waals surface area contributed by atoms with Crippen molar-refractivity contribution >= 4 is 34.0 Å². The van der Waals surface area contributed by atoms with Crippen molar-refractivity contribution in [2.24, 2.45) is 11.8 Å². The third-order valence-corrected chi connectivity index (χ3v) is 7.02. The smallest absolute Gasteiger partial charge is 0.227 e. The molecule has 6 nitrogen and oxygen atoms in total. The molecule has 166 valence electrons. The highest BCUT2D eigenvalue weighted by Crippen LogP contribution is 2.35. The summed E-state index contributed by atoms with van der Waals surface area (Å²) >= 11 is 1.60. The topological polar surface area (TPSA) is 65.5 Å². The van der Waals surface area contributed by atoms with Gasteiger partial charge in [-0.1, -0.05) is 13.8 Å². The maximum absolute atomic E-state index is 13.9. The number of thiazole rings is 1. The molecule has 1 fully saturated rings. The first-order valence-electron chi connectivity index (χ1n) is 10.6. The number of piperazine rings is 1. The van der Waals surface area contributed by atoms with Crippen LogP contribution in [0.2, 0.25) is 0 Å². The van der Waals surface area contributed by atoms with E-state index in [9.17, 15) is 18.4 Å². The van der Waals surface area contributed by atoms with Crippen LogP contribution >= 0.6 is 11.3 Å². The van der Waals surface area contributed by atoms with Crippen molar-refractivity contribution in [2.45, 2.75) is 33.1 Å². The molecular formula is C22H26F2N4O2S. The largest absolute Gasteiger partial charge is 0.345 e. The summed E-state index contributed by atoms with van der Waals surface area (Å²) in [6.07, 6.45) is 1.90. The Balaban J connectivity index is 1.37. The van der Waals surface area contributed by atoms with Crippen LogP contribution in [0.15, 0.2) is 18.2 Å². The Bertz CT molecular complexity index is 986. The summed E-state index contributed by atoms with van der Waals surface area (Å²) in [5.41, 5.74) is 1.02. The minimum Gasteiger partial charge on any atom is -0.345 e. The Morgan fingerprint density at radius 1 is 1.19 bits per heavy atom. The molecule has 31 heavy (non-hydrogen) atoms. The number of anilines is 2. The van der Waals surface area contributed by atoms with Gasteiger partial charge >= 0.3 is 0 Å². The Kier molecular flexibility index (Phi) is 6.22. The monoisotopic (exact) mass is 448 g/mol. The quantitative estimate of drug-likeness (QED) is 0.778. The van der Waals surface area contributed by atoms with E-state index in [1.807, 2.05) is 18.7 Å². The number of aryl methyl sites for hydroxylation is 1. The minimum absolute atomic E-state index is 0.00370. The van der Waals surface area contributed by atoms with Gasteiger partial charge in [-0.25, -0.2) is 13.8 Å². The number of carbonyl (C=O) groups excluding carboxylic acids is 2. The Morgan fingerprint density at radius 3 is 2.61 bits per heavy atom. The molecule has 0 radical (unpaired) electrons. The predicted molar refractivity (Wildman–Crippen MR) is 116 cm³/mol. The lowest BCUT2D eigenvalue weighted by atomic mass is 9.90. The Hall–Kier alpha value is -2.55. The van der Waals surface area contributed by atoms with Crippen LogP contribution in [-0.4, -0.2) is 47.9 Å². The lowest BCUT2D eigenvalue weighted by Crippen LogP contribution is -2.49. The lowest BCUT2D eigenvalue weighted by Gasteiger charge is -2.35. The standard InChI is InChI=1S/C22H26F2N4O2S/c1-13(2)21(30)27-7-9-28(10-8-27)22-26-18-5-3-14(11-19(18)31-22)20(29)25-17-6-4-15(23)12-16(17)24/h4,6,12-14H,3,5,7-11H2,1-2H3,(H,25,29). The normalized spacial score (nSPS) is 18.8. The fourth-order valence-corrected chi connectivity index (χ4v) is 5.27. The molecule has 1 saturated heterocycles. The lowest BCUT2D eigenvalue weighted by molar-refractivity contribution is -0.134. The van der Waals surface area contributed by atoms with Gasteiger partial charge in [-0.15, -0.1) is 11.3 Å². The van der Waals surface area contributed by atoms with Crippen LogP contribution in [0.5, 0.6) is 0 Å². The van der Waals surface area contributed by atoms with E-state index in [1.165, 1.54) is 6.07 Å². The number of nitrogens with zero attached hydrogens (tertiary/aromatic N) is 3. The number of rotatable bonds is 4. The third kappa shape index (κ3) is 4.71. The molecule has 1 aliphatic heterocycles. The number of benzene rings is 1. The number of hydrogen-bond acceptors (Lipinski definition) is 5. The first-order valence-corrected chi connectivity index (χ1v) is 11.4. The molecule has 0 spiro atoms. The highest BCUT2D eigenvalue weighted by atomic mass is 32.1. The zero-order valence-electron chi connectivity index (χ0n) is 17.7. The van der Waals surface area contributed by atoms with Crippen molar-refractivity contribution < 1.29 is 18.4 Å². The van der Waals surface area contributed by atoms with Crippen molar-refractivity contribution in [1.82, 2.24) is 9.88 Å². The Labute approximate surface area is 184 Å². The minimum atomic E-state index is -0.778. The summed E-state index contributed by atoms with van der Waals surface area (Å²) in [7, 11) is 0. The molecule has 9 heteroatoms. The molecule has 2 heterocycles. The van der Waals surface area contributed by atoms with Crippen molar-refractivity contribution in [3.05, 3.63) is 40.4 Å². The van der Waals surface area contributed by atoms with Gasteiger partial charge in [-0.3, -0.25) is 9.59 Å². The molecule has 2 amide bonds. The van der Waals surface area contributed by atoms with Crippen molar-refractivity contribution in [3.8, 4) is 0 Å². The average molecular weight is 449 g/mol. The fraction of sp³-hybridized carbons (Fsp3) is 0.500. The van der Waals surface area contributed by atoms with E-state index < -0.39 is 11.6 Å². The van der Waals surface area contributed by atoms with E-state index in [0.29, 0.717) is 32.4 Å². The maximum atomic E-state index is 13.9. The molecule has 4 rings (SSSR count). The highest BCUT2D eigenvalue weighted by Gasteiger charge is 2.30. The average Bonchev–Trinajstić information content (AvgIpc) is 3.18. The summed E-state index contributed by atoms with van der Waals surface area (Å²) in [5.74, 6) is -1.79. The first kappa shape index (κ1) is 21.7. The van der Waals surface area contributed by atoms with E-state index in [1.54, 1.807) is 11.3 Å². The van der Waals surface area contributed by atoms with Crippen molar-refractivity contribution in [3.63, 3.8) is 0 Å². The van der Waals surface area contributed by atoms with Crippen LogP contribution in [0, 0.1) is 23.5 Å². The van der Waals surface area contributed by atoms with Gasteiger partial charge in [0.25, 0.3) is 0 Å². The molecule has 1 aliphatic carbocycles.